The van der Waals surface area contributed by atoms with Gasteiger partial charge in [-0.05, 0) is 48.6 Å². The van der Waals surface area contributed by atoms with Gasteiger partial charge >= 0.3 is 6.18 Å². The number of rotatable bonds is 7. The van der Waals surface area contributed by atoms with Crippen molar-refractivity contribution in [2.45, 2.75) is 32.0 Å². The second-order valence-corrected chi connectivity index (χ2v) is 8.07. The maximum Gasteiger partial charge on any atom is 0.417 e. The molecule has 0 bridgehead atoms. The number of fused-ring (bicyclic) bond motifs is 2. The van der Waals surface area contributed by atoms with E-state index < -0.39 is 11.7 Å². The molecule has 164 valence electrons. The first-order chi connectivity index (χ1) is 14.8. The number of aliphatic hydroxyl groups is 1. The Morgan fingerprint density at radius 2 is 1.90 bits per heavy atom. The lowest BCUT2D eigenvalue weighted by Crippen LogP contribution is -2.32. The fraction of sp³-hybridized carbons (Fsp3) is 0.391. The van der Waals surface area contributed by atoms with Gasteiger partial charge in [-0.15, -0.1) is 0 Å². The molecule has 1 N–H and O–H groups in total. The van der Waals surface area contributed by atoms with Gasteiger partial charge in [0.2, 0.25) is 0 Å². The number of hydrogen-bond donors (Lipinski definition) is 1. The fourth-order valence-corrected chi connectivity index (χ4v) is 4.03. The van der Waals surface area contributed by atoms with Gasteiger partial charge in [-0.3, -0.25) is 9.69 Å². The molecule has 0 saturated heterocycles. The highest BCUT2D eigenvalue weighted by Gasteiger charge is 2.31. The standard InChI is InChI=1S/C23H24F3N3O2/c24-23(25,26)19-5-6-22-27-20(14-29(22)13-19)21(31)11-16(15-30)7-9-28-10-8-17-3-1-2-4-18(17)12-28/h1-6,13-14,16,30H,7-12,15H2. The highest BCUT2D eigenvalue weighted by Crippen LogP contribution is 2.29. The molecule has 0 saturated carbocycles. The summed E-state index contributed by atoms with van der Waals surface area (Å²) < 4.78 is 39.9. The van der Waals surface area contributed by atoms with Crippen LogP contribution in [0.25, 0.3) is 5.65 Å². The molecular formula is C23H24F3N3O2. The molecule has 2 aromatic heterocycles. The number of aromatic nitrogens is 2. The molecule has 1 unspecified atom stereocenters. The Hall–Kier alpha value is -2.71. The van der Waals surface area contributed by atoms with Gasteiger partial charge in [0, 0.05) is 38.5 Å². The van der Waals surface area contributed by atoms with Crippen molar-refractivity contribution >= 4 is 11.4 Å². The molecule has 1 aromatic carbocycles. The van der Waals surface area contributed by atoms with Gasteiger partial charge in [0.05, 0.1) is 5.56 Å². The maximum atomic E-state index is 12.9. The molecule has 3 aromatic rings. The highest BCUT2D eigenvalue weighted by molar-refractivity contribution is 5.94. The average molecular weight is 431 g/mol. The molecular weight excluding hydrogens is 407 g/mol. The molecule has 0 radical (unpaired) electrons. The van der Waals surface area contributed by atoms with Crippen LogP contribution >= 0.6 is 0 Å². The average Bonchev–Trinajstić information content (AvgIpc) is 3.19. The molecule has 5 nitrogen and oxygen atoms in total. The number of ketones is 1. The predicted molar refractivity (Wildman–Crippen MR) is 110 cm³/mol. The first kappa shape index (κ1) is 21.5. The number of benzene rings is 1. The molecule has 1 atom stereocenters. The van der Waals surface area contributed by atoms with Gasteiger partial charge in [0.25, 0.3) is 0 Å². The van der Waals surface area contributed by atoms with Gasteiger partial charge < -0.3 is 9.51 Å². The van der Waals surface area contributed by atoms with Crippen molar-refractivity contribution in [1.29, 1.82) is 0 Å². The molecule has 4 rings (SSSR count). The van der Waals surface area contributed by atoms with E-state index in [4.69, 9.17) is 0 Å². The molecule has 1 aliphatic heterocycles. The third kappa shape index (κ3) is 4.97. The van der Waals surface area contributed by atoms with Gasteiger partial charge in [-0.1, -0.05) is 24.3 Å². The number of pyridine rings is 1. The van der Waals surface area contributed by atoms with Crippen molar-refractivity contribution in [3.05, 3.63) is 71.2 Å². The maximum absolute atomic E-state index is 12.9. The monoisotopic (exact) mass is 431 g/mol. The van der Waals surface area contributed by atoms with Crippen LogP contribution in [0.3, 0.4) is 0 Å². The summed E-state index contributed by atoms with van der Waals surface area (Å²) in [4.78, 5) is 19.1. The number of imidazole rings is 1. The Morgan fingerprint density at radius 1 is 1.13 bits per heavy atom. The topological polar surface area (TPSA) is 57.8 Å². The van der Waals surface area contributed by atoms with Gasteiger partial charge in [-0.25, -0.2) is 4.98 Å². The molecule has 31 heavy (non-hydrogen) atoms. The molecule has 0 fully saturated rings. The lowest BCUT2D eigenvalue weighted by molar-refractivity contribution is -0.137. The van der Waals surface area contributed by atoms with Crippen LogP contribution in [0.4, 0.5) is 13.2 Å². The van der Waals surface area contributed by atoms with Crippen LogP contribution in [0.5, 0.6) is 0 Å². The van der Waals surface area contributed by atoms with E-state index in [0.29, 0.717) is 6.42 Å². The van der Waals surface area contributed by atoms with Crippen LogP contribution in [-0.4, -0.2) is 44.9 Å². The number of Topliss-reactive ketones (excluding diaryl/α,β-unsaturated/α-hetero) is 1. The predicted octanol–water partition coefficient (Wildman–Crippen LogP) is 3.98. The summed E-state index contributed by atoms with van der Waals surface area (Å²) in [5, 5.41) is 9.75. The van der Waals surface area contributed by atoms with Crippen molar-refractivity contribution < 1.29 is 23.1 Å². The van der Waals surface area contributed by atoms with E-state index in [2.05, 4.69) is 22.0 Å². The number of carbonyl (C=O) groups excluding carboxylic acids is 1. The lowest BCUT2D eigenvalue weighted by Gasteiger charge is -2.29. The third-order valence-corrected chi connectivity index (χ3v) is 5.86. The van der Waals surface area contributed by atoms with E-state index in [-0.39, 0.29) is 36.1 Å². The lowest BCUT2D eigenvalue weighted by atomic mass is 9.96. The minimum Gasteiger partial charge on any atom is -0.396 e. The van der Waals surface area contributed by atoms with Gasteiger partial charge in [-0.2, -0.15) is 13.2 Å². The van der Waals surface area contributed by atoms with Crippen molar-refractivity contribution in [2.24, 2.45) is 5.92 Å². The third-order valence-electron chi connectivity index (χ3n) is 5.86. The summed E-state index contributed by atoms with van der Waals surface area (Å²) in [6, 6.07) is 10.5. The molecule has 0 aliphatic carbocycles. The second kappa shape index (κ2) is 8.80. The van der Waals surface area contributed by atoms with Crippen LogP contribution in [0.2, 0.25) is 0 Å². The van der Waals surface area contributed by atoms with E-state index in [1.165, 1.54) is 27.8 Å². The summed E-state index contributed by atoms with van der Waals surface area (Å²) in [6.45, 7) is 2.45. The van der Waals surface area contributed by atoms with Crippen molar-refractivity contribution in [2.75, 3.05) is 19.7 Å². The Bertz CT molecular complexity index is 1080. The molecule has 3 heterocycles. The van der Waals surface area contributed by atoms with Gasteiger partial charge in [0.15, 0.2) is 5.78 Å². The number of alkyl halides is 3. The Morgan fingerprint density at radius 3 is 2.65 bits per heavy atom. The SMILES string of the molecule is O=C(CC(CO)CCN1CCc2ccccc2C1)c1cn2cc(C(F)(F)F)ccc2n1. The smallest absolute Gasteiger partial charge is 0.396 e. The largest absolute Gasteiger partial charge is 0.417 e. The van der Waals surface area contributed by atoms with E-state index in [9.17, 15) is 23.1 Å². The van der Waals surface area contributed by atoms with Crippen LogP contribution < -0.4 is 0 Å². The van der Waals surface area contributed by atoms with Crippen LogP contribution in [0.15, 0.2) is 48.8 Å². The Kier molecular flexibility index (Phi) is 6.11. The van der Waals surface area contributed by atoms with Crippen LogP contribution in [0, 0.1) is 5.92 Å². The molecule has 0 spiro atoms. The quantitative estimate of drug-likeness (QED) is 0.575. The zero-order chi connectivity index (χ0) is 22.0. The second-order valence-electron chi connectivity index (χ2n) is 8.07. The van der Waals surface area contributed by atoms with Crippen molar-refractivity contribution in [1.82, 2.24) is 14.3 Å². The fourth-order valence-electron chi connectivity index (χ4n) is 4.03. The van der Waals surface area contributed by atoms with E-state index in [0.717, 1.165) is 38.3 Å². The first-order valence-electron chi connectivity index (χ1n) is 10.3. The Labute approximate surface area is 178 Å². The number of carbonyl (C=O) groups is 1. The van der Waals surface area contributed by atoms with E-state index in [1.807, 2.05) is 12.1 Å². The number of aliphatic hydroxyl groups excluding tert-OH is 1. The highest BCUT2D eigenvalue weighted by atomic mass is 19.4. The van der Waals surface area contributed by atoms with E-state index in [1.54, 1.807) is 0 Å². The van der Waals surface area contributed by atoms with Gasteiger partial charge in [0.1, 0.15) is 11.3 Å². The summed E-state index contributed by atoms with van der Waals surface area (Å²) >= 11 is 0. The number of hydrogen-bond acceptors (Lipinski definition) is 4. The minimum absolute atomic E-state index is 0.108. The number of nitrogens with zero attached hydrogens (tertiary/aromatic N) is 3. The zero-order valence-corrected chi connectivity index (χ0v) is 17.0. The Balaban J connectivity index is 1.37. The van der Waals surface area contributed by atoms with Crippen LogP contribution in [0.1, 0.15) is 40.0 Å². The van der Waals surface area contributed by atoms with E-state index >= 15 is 0 Å². The molecule has 0 amide bonds. The summed E-state index contributed by atoms with van der Waals surface area (Å²) in [5.41, 5.74) is 2.28. The zero-order valence-electron chi connectivity index (χ0n) is 17.0. The van der Waals surface area contributed by atoms with Crippen LogP contribution in [-0.2, 0) is 19.1 Å². The minimum atomic E-state index is -4.46. The summed E-state index contributed by atoms with van der Waals surface area (Å²) in [6.07, 6.45) is -0.452. The summed E-state index contributed by atoms with van der Waals surface area (Å²) in [5.74, 6) is -0.500. The number of halogens is 3. The van der Waals surface area contributed by atoms with Crippen molar-refractivity contribution in [3.8, 4) is 0 Å². The molecule has 8 heteroatoms. The first-order valence-corrected chi connectivity index (χ1v) is 10.3. The summed E-state index contributed by atoms with van der Waals surface area (Å²) in [7, 11) is 0. The van der Waals surface area contributed by atoms with Crippen molar-refractivity contribution in [3.63, 3.8) is 0 Å². The molecule has 1 aliphatic rings. The normalized spacial score (nSPS) is 15.7.